The standard InChI is InChI=1S/C20H31N3O5S2/c1-3-14-29(25,26)23-13-7-8-18(23)20(24)21-17-10-9-16(2)19(15-17)30(27,28)22-11-5-4-6-12-22/h9-10,15,18H,3-8,11-14H2,1-2H3,(H,21,24). The zero-order valence-corrected chi connectivity index (χ0v) is 19.3. The fourth-order valence-corrected chi connectivity index (χ4v) is 7.65. The molecule has 0 bridgehead atoms. The number of benzene rings is 1. The molecule has 2 saturated heterocycles. The molecule has 168 valence electrons. The van der Waals surface area contributed by atoms with E-state index >= 15 is 0 Å². The van der Waals surface area contributed by atoms with Crippen LogP contribution in [0.3, 0.4) is 0 Å². The highest BCUT2D eigenvalue weighted by Crippen LogP contribution is 2.27. The van der Waals surface area contributed by atoms with E-state index in [1.165, 1.54) is 14.7 Å². The molecule has 0 spiro atoms. The molecule has 1 N–H and O–H groups in total. The lowest BCUT2D eigenvalue weighted by molar-refractivity contribution is -0.119. The Kier molecular flexibility index (Phi) is 7.21. The molecule has 2 fully saturated rings. The number of piperidine rings is 1. The zero-order valence-electron chi connectivity index (χ0n) is 17.6. The third-order valence-corrected chi connectivity index (χ3v) is 9.83. The summed E-state index contributed by atoms with van der Waals surface area (Å²) in [5, 5.41) is 2.74. The van der Waals surface area contributed by atoms with Crippen molar-refractivity contribution in [1.29, 1.82) is 0 Å². The summed E-state index contributed by atoms with van der Waals surface area (Å²) in [6.07, 6.45) is 4.29. The van der Waals surface area contributed by atoms with Gasteiger partial charge in [-0.05, 0) is 56.7 Å². The highest BCUT2D eigenvalue weighted by molar-refractivity contribution is 7.89. The third-order valence-electron chi connectivity index (χ3n) is 5.71. The van der Waals surface area contributed by atoms with Crippen LogP contribution in [-0.2, 0) is 24.8 Å². The molecule has 8 nitrogen and oxygen atoms in total. The summed E-state index contributed by atoms with van der Waals surface area (Å²) >= 11 is 0. The Morgan fingerprint density at radius 3 is 2.43 bits per heavy atom. The van der Waals surface area contributed by atoms with E-state index in [9.17, 15) is 21.6 Å². The molecule has 2 heterocycles. The van der Waals surface area contributed by atoms with Crippen molar-refractivity contribution in [2.75, 3.05) is 30.7 Å². The van der Waals surface area contributed by atoms with E-state index < -0.39 is 32.0 Å². The first-order valence-electron chi connectivity index (χ1n) is 10.6. The van der Waals surface area contributed by atoms with Gasteiger partial charge in [0.1, 0.15) is 6.04 Å². The van der Waals surface area contributed by atoms with Crippen molar-refractivity contribution in [2.45, 2.75) is 63.3 Å². The van der Waals surface area contributed by atoms with Crippen molar-refractivity contribution in [1.82, 2.24) is 8.61 Å². The molecule has 0 radical (unpaired) electrons. The van der Waals surface area contributed by atoms with Crippen molar-refractivity contribution in [3.05, 3.63) is 23.8 Å². The molecule has 2 aliphatic heterocycles. The summed E-state index contributed by atoms with van der Waals surface area (Å²) in [5.74, 6) is -0.406. The summed E-state index contributed by atoms with van der Waals surface area (Å²) in [5.41, 5.74) is 0.979. The highest BCUT2D eigenvalue weighted by atomic mass is 32.2. The number of amides is 1. The fraction of sp³-hybridized carbons (Fsp3) is 0.650. The minimum absolute atomic E-state index is 0.0134. The van der Waals surface area contributed by atoms with Crippen LogP contribution in [0.4, 0.5) is 5.69 Å². The minimum atomic E-state index is -3.64. The number of nitrogens with one attached hydrogen (secondary N) is 1. The van der Waals surface area contributed by atoms with Gasteiger partial charge >= 0.3 is 0 Å². The van der Waals surface area contributed by atoms with Crippen LogP contribution in [0.1, 0.15) is 51.0 Å². The SMILES string of the molecule is CCCS(=O)(=O)N1CCCC1C(=O)Nc1ccc(C)c(S(=O)(=O)N2CCCCC2)c1. The van der Waals surface area contributed by atoms with E-state index in [4.69, 9.17) is 0 Å². The number of hydrogen-bond donors (Lipinski definition) is 1. The predicted octanol–water partition coefficient (Wildman–Crippen LogP) is 2.31. The van der Waals surface area contributed by atoms with Gasteiger partial charge in [0.2, 0.25) is 26.0 Å². The molecular formula is C20H31N3O5S2. The number of aryl methyl sites for hydroxylation is 1. The van der Waals surface area contributed by atoms with Gasteiger partial charge in [-0.25, -0.2) is 16.8 Å². The quantitative estimate of drug-likeness (QED) is 0.677. The first kappa shape index (κ1) is 23.2. The zero-order chi connectivity index (χ0) is 21.9. The molecule has 0 aliphatic carbocycles. The summed E-state index contributed by atoms with van der Waals surface area (Å²) in [6.45, 7) is 4.87. The van der Waals surface area contributed by atoms with Crippen LogP contribution in [0.25, 0.3) is 0 Å². The Balaban J connectivity index is 1.80. The summed E-state index contributed by atoms with van der Waals surface area (Å²) in [4.78, 5) is 13.0. The molecule has 0 saturated carbocycles. The molecule has 1 amide bonds. The monoisotopic (exact) mass is 457 g/mol. The first-order valence-corrected chi connectivity index (χ1v) is 13.6. The summed E-state index contributed by atoms with van der Waals surface area (Å²) in [6, 6.07) is 4.05. The maximum absolute atomic E-state index is 13.1. The summed E-state index contributed by atoms with van der Waals surface area (Å²) in [7, 11) is -7.11. The van der Waals surface area contributed by atoms with Gasteiger partial charge in [0.15, 0.2) is 0 Å². The van der Waals surface area contributed by atoms with E-state index in [1.807, 2.05) is 0 Å². The Bertz CT molecular complexity index is 986. The average molecular weight is 458 g/mol. The molecule has 1 aromatic rings. The maximum atomic E-state index is 13.1. The molecule has 30 heavy (non-hydrogen) atoms. The van der Waals surface area contributed by atoms with Crippen LogP contribution >= 0.6 is 0 Å². The van der Waals surface area contributed by atoms with Crippen molar-refractivity contribution in [3.63, 3.8) is 0 Å². The van der Waals surface area contributed by atoms with Gasteiger partial charge in [0.25, 0.3) is 0 Å². The first-order chi connectivity index (χ1) is 14.2. The Morgan fingerprint density at radius 2 is 1.77 bits per heavy atom. The number of sulfonamides is 2. The second-order valence-electron chi connectivity index (χ2n) is 8.02. The Labute approximate surface area is 179 Å². The fourth-order valence-electron chi connectivity index (χ4n) is 4.14. The molecule has 1 atom stereocenters. The molecule has 1 aromatic carbocycles. The molecule has 10 heteroatoms. The van der Waals surface area contributed by atoms with Crippen LogP contribution in [0.5, 0.6) is 0 Å². The highest BCUT2D eigenvalue weighted by Gasteiger charge is 2.38. The Morgan fingerprint density at radius 1 is 1.07 bits per heavy atom. The van der Waals surface area contributed by atoms with Gasteiger partial charge in [0, 0.05) is 25.3 Å². The second-order valence-corrected chi connectivity index (χ2v) is 12.0. The van der Waals surface area contributed by atoms with E-state index in [0.717, 1.165) is 19.3 Å². The van der Waals surface area contributed by atoms with Gasteiger partial charge in [-0.3, -0.25) is 4.79 Å². The number of carbonyl (C=O) groups excluding carboxylic acids is 1. The van der Waals surface area contributed by atoms with Crippen molar-refractivity contribution in [2.24, 2.45) is 0 Å². The number of nitrogens with zero attached hydrogens (tertiary/aromatic N) is 2. The number of rotatable bonds is 7. The van der Waals surface area contributed by atoms with Gasteiger partial charge in [-0.1, -0.05) is 19.4 Å². The van der Waals surface area contributed by atoms with Crippen LogP contribution in [-0.4, -0.2) is 62.8 Å². The third kappa shape index (κ3) is 4.87. The molecular weight excluding hydrogens is 426 g/mol. The van der Waals surface area contributed by atoms with E-state index in [2.05, 4.69) is 5.32 Å². The number of carbonyl (C=O) groups is 1. The van der Waals surface area contributed by atoms with Gasteiger partial charge in [-0.15, -0.1) is 0 Å². The molecule has 3 rings (SSSR count). The van der Waals surface area contributed by atoms with Gasteiger partial charge in [-0.2, -0.15) is 8.61 Å². The molecule has 1 unspecified atom stereocenters. The molecule has 2 aliphatic rings. The van der Waals surface area contributed by atoms with Crippen LogP contribution in [0.2, 0.25) is 0 Å². The normalized spacial score (nSPS) is 21.6. The van der Waals surface area contributed by atoms with Crippen molar-refractivity contribution < 1.29 is 21.6 Å². The van der Waals surface area contributed by atoms with E-state index in [-0.39, 0.29) is 10.6 Å². The van der Waals surface area contributed by atoms with E-state index in [1.54, 1.807) is 26.0 Å². The second kappa shape index (κ2) is 9.33. The predicted molar refractivity (Wildman–Crippen MR) is 116 cm³/mol. The lowest BCUT2D eigenvalue weighted by Crippen LogP contribution is -2.44. The average Bonchev–Trinajstić information content (AvgIpc) is 3.21. The van der Waals surface area contributed by atoms with Crippen molar-refractivity contribution >= 4 is 31.6 Å². The number of anilines is 1. The van der Waals surface area contributed by atoms with Crippen molar-refractivity contribution in [3.8, 4) is 0 Å². The Hall–Kier alpha value is -1.49. The van der Waals surface area contributed by atoms with Crippen LogP contribution in [0.15, 0.2) is 23.1 Å². The topological polar surface area (TPSA) is 104 Å². The minimum Gasteiger partial charge on any atom is -0.325 e. The lowest BCUT2D eigenvalue weighted by Gasteiger charge is -2.27. The van der Waals surface area contributed by atoms with Gasteiger partial charge in [0.05, 0.1) is 10.6 Å². The van der Waals surface area contributed by atoms with Gasteiger partial charge < -0.3 is 5.32 Å². The molecule has 0 aromatic heterocycles. The van der Waals surface area contributed by atoms with Crippen LogP contribution in [0, 0.1) is 6.92 Å². The smallest absolute Gasteiger partial charge is 0.243 e. The number of hydrogen-bond acceptors (Lipinski definition) is 5. The maximum Gasteiger partial charge on any atom is 0.243 e. The lowest BCUT2D eigenvalue weighted by atomic mass is 10.2. The van der Waals surface area contributed by atoms with Crippen LogP contribution < -0.4 is 5.32 Å². The summed E-state index contributed by atoms with van der Waals surface area (Å²) < 4.78 is 53.9. The largest absolute Gasteiger partial charge is 0.325 e. The van der Waals surface area contributed by atoms with E-state index in [0.29, 0.717) is 50.1 Å².